The lowest BCUT2D eigenvalue weighted by molar-refractivity contribution is -0.139. The summed E-state index contributed by atoms with van der Waals surface area (Å²) < 4.78 is 28.7. The van der Waals surface area contributed by atoms with Crippen LogP contribution in [0.15, 0.2) is 77.7 Å². The first-order valence-corrected chi connectivity index (χ1v) is 15.4. The van der Waals surface area contributed by atoms with Crippen LogP contribution >= 0.6 is 23.2 Å². The van der Waals surface area contributed by atoms with Gasteiger partial charge in [-0.15, -0.1) is 0 Å². The van der Waals surface area contributed by atoms with Crippen molar-refractivity contribution in [3.05, 3.63) is 94.0 Å². The van der Waals surface area contributed by atoms with Gasteiger partial charge in [0.2, 0.25) is 11.8 Å². The molecular weight excluding hydrogens is 569 g/mol. The molecular formula is C30H35Cl2N3O4S. The first-order chi connectivity index (χ1) is 19.0. The second-order valence-corrected chi connectivity index (χ2v) is 12.3. The number of amides is 2. The molecule has 0 aromatic heterocycles. The lowest BCUT2D eigenvalue weighted by Gasteiger charge is -2.32. The van der Waals surface area contributed by atoms with Crippen LogP contribution in [-0.2, 0) is 32.6 Å². The fourth-order valence-corrected chi connectivity index (χ4v) is 5.93. The minimum Gasteiger partial charge on any atom is -0.352 e. The number of aryl methyl sites for hydroxylation is 1. The molecule has 2 atom stereocenters. The molecule has 0 aliphatic heterocycles. The number of benzene rings is 3. The summed E-state index contributed by atoms with van der Waals surface area (Å²) in [7, 11) is -4.12. The van der Waals surface area contributed by atoms with Crippen LogP contribution in [0.2, 0.25) is 10.0 Å². The molecule has 40 heavy (non-hydrogen) atoms. The molecule has 0 fully saturated rings. The number of hydrogen-bond donors (Lipinski definition) is 1. The van der Waals surface area contributed by atoms with E-state index in [1.165, 1.54) is 17.0 Å². The van der Waals surface area contributed by atoms with E-state index in [1.54, 1.807) is 55.5 Å². The molecule has 2 amide bonds. The zero-order valence-corrected chi connectivity index (χ0v) is 25.4. The van der Waals surface area contributed by atoms with Gasteiger partial charge in [0.25, 0.3) is 10.0 Å². The van der Waals surface area contributed by atoms with Crippen LogP contribution in [0.5, 0.6) is 0 Å². The highest BCUT2D eigenvalue weighted by Gasteiger charge is 2.33. The van der Waals surface area contributed by atoms with Crippen molar-refractivity contribution >= 4 is 50.7 Å². The molecule has 0 saturated heterocycles. The van der Waals surface area contributed by atoms with Gasteiger partial charge in [0, 0.05) is 22.6 Å². The van der Waals surface area contributed by atoms with Gasteiger partial charge >= 0.3 is 0 Å². The Kier molecular flexibility index (Phi) is 11.0. The molecule has 0 bridgehead atoms. The van der Waals surface area contributed by atoms with Gasteiger partial charge in [-0.1, -0.05) is 73.4 Å². The van der Waals surface area contributed by atoms with Gasteiger partial charge in [-0.2, -0.15) is 0 Å². The molecule has 1 N–H and O–H groups in total. The lowest BCUT2D eigenvalue weighted by Crippen LogP contribution is -2.52. The van der Waals surface area contributed by atoms with Crippen LogP contribution in [0.25, 0.3) is 0 Å². The molecule has 3 aromatic rings. The zero-order chi connectivity index (χ0) is 29.4. The highest BCUT2D eigenvalue weighted by Crippen LogP contribution is 2.27. The molecule has 0 spiro atoms. The van der Waals surface area contributed by atoms with Crippen molar-refractivity contribution in [3.63, 3.8) is 0 Å². The van der Waals surface area contributed by atoms with E-state index in [2.05, 4.69) is 5.32 Å². The average Bonchev–Trinajstić information content (AvgIpc) is 2.95. The van der Waals surface area contributed by atoms with Crippen LogP contribution in [0.4, 0.5) is 5.69 Å². The normalized spacial score (nSPS) is 12.8. The summed E-state index contributed by atoms with van der Waals surface area (Å²) in [6.45, 7) is 6.91. The van der Waals surface area contributed by atoms with E-state index in [1.807, 2.05) is 32.9 Å². The van der Waals surface area contributed by atoms with Crippen LogP contribution in [0.1, 0.15) is 45.2 Å². The number of halogens is 2. The summed E-state index contributed by atoms with van der Waals surface area (Å²) >= 11 is 12.5. The molecule has 214 valence electrons. The minimum atomic E-state index is -4.12. The smallest absolute Gasteiger partial charge is 0.264 e. The van der Waals surface area contributed by atoms with E-state index in [0.29, 0.717) is 27.7 Å². The second-order valence-electron chi connectivity index (χ2n) is 9.60. The summed E-state index contributed by atoms with van der Waals surface area (Å²) in [5.74, 6) is -0.908. The molecule has 3 rings (SSSR count). The van der Waals surface area contributed by atoms with Gasteiger partial charge in [-0.25, -0.2) is 8.42 Å². The second kappa shape index (κ2) is 14.0. The Hall–Kier alpha value is -3.07. The lowest BCUT2D eigenvalue weighted by atomic mass is 10.1. The molecule has 10 heteroatoms. The Morgan fingerprint density at radius 2 is 1.57 bits per heavy atom. The maximum absolute atomic E-state index is 14.0. The van der Waals surface area contributed by atoms with Crippen molar-refractivity contribution in [3.8, 4) is 0 Å². The Morgan fingerprint density at radius 3 is 2.15 bits per heavy atom. The summed E-state index contributed by atoms with van der Waals surface area (Å²) in [5.41, 5.74) is 1.95. The van der Waals surface area contributed by atoms with Gasteiger partial charge < -0.3 is 10.2 Å². The van der Waals surface area contributed by atoms with Crippen LogP contribution < -0.4 is 9.62 Å². The van der Waals surface area contributed by atoms with Crippen molar-refractivity contribution in [1.82, 2.24) is 10.2 Å². The fourth-order valence-electron chi connectivity index (χ4n) is 4.03. The maximum atomic E-state index is 14.0. The molecule has 0 radical (unpaired) electrons. The third-order valence-corrected chi connectivity index (χ3v) is 9.14. The molecule has 3 aromatic carbocycles. The Balaban J connectivity index is 2.04. The van der Waals surface area contributed by atoms with E-state index >= 15 is 0 Å². The number of sulfonamides is 1. The molecule has 0 aliphatic carbocycles. The monoisotopic (exact) mass is 603 g/mol. The standard InChI is InChI=1S/C30H35Cl2N3O4S/c1-5-21(3)33-30(37)22(4)34(19-24-14-15-25(31)18-28(24)32)29(36)20-35(26-16-12-23(6-2)13-17-26)40(38,39)27-10-8-7-9-11-27/h7-18,21-22H,5-6,19-20H2,1-4H3,(H,33,37)/t21-,22-/m0/s1. The maximum Gasteiger partial charge on any atom is 0.264 e. The van der Waals surface area contributed by atoms with E-state index in [0.717, 1.165) is 16.3 Å². The van der Waals surface area contributed by atoms with E-state index in [9.17, 15) is 18.0 Å². The highest BCUT2D eigenvalue weighted by atomic mass is 35.5. The molecule has 7 nitrogen and oxygen atoms in total. The van der Waals surface area contributed by atoms with Crippen molar-refractivity contribution in [1.29, 1.82) is 0 Å². The number of anilines is 1. The summed E-state index contributed by atoms with van der Waals surface area (Å²) in [6.07, 6.45) is 1.50. The molecule has 0 heterocycles. The van der Waals surface area contributed by atoms with Crippen molar-refractivity contribution < 1.29 is 18.0 Å². The van der Waals surface area contributed by atoms with E-state index in [4.69, 9.17) is 23.2 Å². The topological polar surface area (TPSA) is 86.8 Å². The van der Waals surface area contributed by atoms with Gasteiger partial charge in [0.15, 0.2) is 0 Å². The quantitative estimate of drug-likeness (QED) is 0.272. The Labute approximate surface area is 247 Å². The Morgan fingerprint density at radius 1 is 0.925 bits per heavy atom. The number of nitrogens with one attached hydrogen (secondary N) is 1. The van der Waals surface area contributed by atoms with Gasteiger partial charge in [-0.3, -0.25) is 13.9 Å². The first-order valence-electron chi connectivity index (χ1n) is 13.2. The fraction of sp³-hybridized carbons (Fsp3) is 0.333. The summed E-state index contributed by atoms with van der Waals surface area (Å²) in [4.78, 5) is 28.5. The summed E-state index contributed by atoms with van der Waals surface area (Å²) in [5, 5.41) is 3.68. The molecule has 0 aliphatic rings. The van der Waals surface area contributed by atoms with Crippen molar-refractivity contribution in [2.45, 2.75) is 64.1 Å². The van der Waals surface area contributed by atoms with Gasteiger partial charge in [0.1, 0.15) is 12.6 Å². The third kappa shape index (κ3) is 7.77. The van der Waals surface area contributed by atoms with Crippen molar-refractivity contribution in [2.24, 2.45) is 0 Å². The predicted molar refractivity (Wildman–Crippen MR) is 161 cm³/mol. The van der Waals surface area contributed by atoms with E-state index < -0.39 is 28.5 Å². The van der Waals surface area contributed by atoms with Crippen LogP contribution in [0, 0.1) is 0 Å². The Bertz CT molecular complexity index is 1420. The minimum absolute atomic E-state index is 0.0159. The number of carbonyl (C=O) groups excluding carboxylic acids is 2. The zero-order valence-electron chi connectivity index (χ0n) is 23.1. The predicted octanol–water partition coefficient (Wildman–Crippen LogP) is 6.08. The largest absolute Gasteiger partial charge is 0.352 e. The average molecular weight is 605 g/mol. The molecule has 0 unspecified atom stereocenters. The number of rotatable bonds is 12. The van der Waals surface area contributed by atoms with E-state index in [-0.39, 0.29) is 23.4 Å². The van der Waals surface area contributed by atoms with Crippen molar-refractivity contribution in [2.75, 3.05) is 10.8 Å². The summed E-state index contributed by atoms with van der Waals surface area (Å²) in [6, 6.07) is 18.9. The number of hydrogen-bond acceptors (Lipinski definition) is 4. The molecule has 0 saturated carbocycles. The first kappa shape index (κ1) is 31.5. The number of carbonyl (C=O) groups is 2. The van der Waals surface area contributed by atoms with Crippen LogP contribution in [-0.4, -0.2) is 43.8 Å². The third-order valence-electron chi connectivity index (χ3n) is 6.77. The SMILES string of the molecule is CCc1ccc(N(CC(=O)N(Cc2ccc(Cl)cc2Cl)[C@@H](C)C(=O)N[C@@H](C)CC)S(=O)(=O)c2ccccc2)cc1. The van der Waals surface area contributed by atoms with Gasteiger partial charge in [0.05, 0.1) is 10.6 Å². The number of nitrogens with zero attached hydrogens (tertiary/aromatic N) is 2. The van der Waals surface area contributed by atoms with Crippen LogP contribution in [0.3, 0.4) is 0 Å². The van der Waals surface area contributed by atoms with Gasteiger partial charge in [-0.05, 0) is 74.2 Å². The highest BCUT2D eigenvalue weighted by molar-refractivity contribution is 7.92.